The quantitative estimate of drug-likeness (QED) is 0.730. The molecule has 3 heteroatoms. The predicted octanol–water partition coefficient (Wildman–Crippen LogP) is 2.63. The van der Waals surface area contributed by atoms with E-state index in [-0.39, 0.29) is 18.6 Å². The van der Waals surface area contributed by atoms with Crippen LogP contribution in [0.3, 0.4) is 0 Å². The minimum Gasteiger partial charge on any atom is -0.306 e. The Labute approximate surface area is 83.2 Å². The first-order valence-electron chi connectivity index (χ1n) is 4.88. The second-order valence-electron chi connectivity index (χ2n) is 2.25. The Hall–Kier alpha value is -1.09. The topological polar surface area (TPSA) is 17.8 Å². The van der Waals surface area contributed by atoms with Crippen LogP contribution in [-0.2, 0) is 0 Å². The number of hydrogen-bond acceptors (Lipinski definition) is 1. The maximum absolute atomic E-state index is 7.59. The molecule has 1 heterocycles. The molecule has 0 spiro atoms. The van der Waals surface area contributed by atoms with E-state index in [0.717, 1.165) is 4.47 Å². The molecule has 0 unspecified atom stereocenters. The van der Waals surface area contributed by atoms with Gasteiger partial charge in [0, 0.05) is 22.5 Å². The molecule has 2 aromatic rings. The highest BCUT2D eigenvalue weighted by Gasteiger charge is 1.92. The van der Waals surface area contributed by atoms with Crippen LogP contribution in [0.4, 0.5) is 0 Å². The monoisotopic (exact) mass is 225 g/mol. The molecule has 0 aliphatic carbocycles. The van der Waals surface area contributed by atoms with Crippen LogP contribution in [0.25, 0.3) is 5.69 Å². The van der Waals surface area contributed by atoms with E-state index in [1.807, 2.05) is 12.1 Å². The fourth-order valence-corrected chi connectivity index (χ4v) is 1.15. The van der Waals surface area contributed by atoms with Gasteiger partial charge >= 0.3 is 0 Å². The van der Waals surface area contributed by atoms with E-state index in [4.69, 9.17) is 4.11 Å². The van der Waals surface area contributed by atoms with Gasteiger partial charge in [0.15, 0.2) is 0 Å². The molecule has 60 valence electrons. The molecule has 0 bridgehead atoms. The summed E-state index contributed by atoms with van der Waals surface area (Å²) in [5, 5.41) is 0. The van der Waals surface area contributed by atoms with Crippen molar-refractivity contribution in [2.24, 2.45) is 0 Å². The molecule has 2 nitrogen and oxygen atoms in total. The van der Waals surface area contributed by atoms with Crippen molar-refractivity contribution < 1.29 is 4.11 Å². The standard InChI is InChI=1S/C9H7BrN2/c10-8-1-3-9(4-2-8)12-6-5-11-7-12/h1-7H/i5D,6D,7D. The van der Waals surface area contributed by atoms with Gasteiger partial charge in [0.05, 0.1) is 9.04 Å². The third-order valence-corrected chi connectivity index (χ3v) is 1.98. The molecule has 0 fully saturated rings. The first kappa shape index (κ1) is 4.82. The Morgan fingerprint density at radius 3 is 2.67 bits per heavy atom. The summed E-state index contributed by atoms with van der Waals surface area (Å²) in [6.45, 7) is 0. The molecule has 0 atom stereocenters. The summed E-state index contributed by atoms with van der Waals surface area (Å²) in [7, 11) is 0. The van der Waals surface area contributed by atoms with Crippen molar-refractivity contribution in [3.63, 3.8) is 0 Å². The van der Waals surface area contributed by atoms with E-state index in [2.05, 4.69) is 20.9 Å². The summed E-state index contributed by atoms with van der Waals surface area (Å²) in [6, 6.07) is 7.16. The molecule has 0 radical (unpaired) electrons. The number of imidazole rings is 1. The molecular formula is C9H7BrN2. The lowest BCUT2D eigenvalue weighted by Crippen LogP contribution is -1.87. The Morgan fingerprint density at radius 1 is 1.33 bits per heavy atom. The summed E-state index contributed by atoms with van der Waals surface area (Å²) < 4.78 is 24.7. The van der Waals surface area contributed by atoms with Crippen molar-refractivity contribution in [1.82, 2.24) is 9.55 Å². The normalized spacial score (nSPS) is 13.6. The van der Waals surface area contributed by atoms with Gasteiger partial charge in [-0.2, -0.15) is 0 Å². The van der Waals surface area contributed by atoms with Gasteiger partial charge in [-0.1, -0.05) is 15.9 Å². The molecule has 0 saturated carbocycles. The lowest BCUT2D eigenvalue weighted by Gasteiger charge is -2.00. The van der Waals surface area contributed by atoms with E-state index in [0.29, 0.717) is 5.69 Å². The van der Waals surface area contributed by atoms with Gasteiger partial charge in [-0.25, -0.2) is 4.98 Å². The predicted molar refractivity (Wildman–Crippen MR) is 51.3 cm³/mol. The lowest BCUT2D eigenvalue weighted by atomic mass is 10.3. The number of nitrogens with zero attached hydrogens (tertiary/aromatic N) is 2. The zero-order valence-electron chi connectivity index (χ0n) is 9.08. The highest BCUT2D eigenvalue weighted by molar-refractivity contribution is 9.10. The van der Waals surface area contributed by atoms with Crippen LogP contribution in [0.5, 0.6) is 0 Å². The number of benzene rings is 1. The third kappa shape index (κ3) is 1.41. The fraction of sp³-hybridized carbons (Fsp3) is 0. The second kappa shape index (κ2) is 3.11. The van der Waals surface area contributed by atoms with Crippen molar-refractivity contribution in [2.45, 2.75) is 0 Å². The largest absolute Gasteiger partial charge is 0.306 e. The fourth-order valence-electron chi connectivity index (χ4n) is 0.887. The van der Waals surface area contributed by atoms with Crippen molar-refractivity contribution in [3.8, 4) is 5.69 Å². The van der Waals surface area contributed by atoms with Crippen LogP contribution in [0, 0.1) is 0 Å². The SMILES string of the molecule is [2H]c1nc([2H])n(-c2ccc(Br)cc2)c1[2H]. The highest BCUT2D eigenvalue weighted by atomic mass is 79.9. The van der Waals surface area contributed by atoms with Gasteiger partial charge < -0.3 is 4.57 Å². The van der Waals surface area contributed by atoms with Gasteiger partial charge in [0.2, 0.25) is 0 Å². The summed E-state index contributed by atoms with van der Waals surface area (Å²) in [5.41, 5.74) is 0.666. The van der Waals surface area contributed by atoms with Gasteiger partial charge in [-0.15, -0.1) is 0 Å². The average molecular weight is 226 g/mol. The molecule has 0 saturated heterocycles. The zero-order chi connectivity index (χ0) is 11.0. The van der Waals surface area contributed by atoms with Gasteiger partial charge in [-0.05, 0) is 24.3 Å². The van der Waals surface area contributed by atoms with Crippen molar-refractivity contribution >= 4 is 15.9 Å². The lowest BCUT2D eigenvalue weighted by molar-refractivity contribution is 1.06. The first-order chi connectivity index (χ1) is 7.09. The Bertz CT molecular complexity index is 493. The van der Waals surface area contributed by atoms with Crippen LogP contribution in [-0.4, -0.2) is 9.55 Å². The van der Waals surface area contributed by atoms with Crippen LogP contribution in [0.1, 0.15) is 4.11 Å². The van der Waals surface area contributed by atoms with Crippen molar-refractivity contribution in [1.29, 1.82) is 0 Å². The van der Waals surface area contributed by atoms with Crippen molar-refractivity contribution in [3.05, 3.63) is 47.4 Å². The maximum Gasteiger partial charge on any atom is 0.105 e. The molecular weight excluding hydrogens is 216 g/mol. The van der Waals surface area contributed by atoms with Crippen LogP contribution >= 0.6 is 15.9 Å². The van der Waals surface area contributed by atoms with Gasteiger partial charge in [-0.3, -0.25) is 0 Å². The highest BCUT2D eigenvalue weighted by Crippen LogP contribution is 2.13. The average Bonchev–Trinajstić information content (AvgIpc) is 2.44. The van der Waals surface area contributed by atoms with Gasteiger partial charge in [0.1, 0.15) is 1.37 Å². The third-order valence-electron chi connectivity index (χ3n) is 1.45. The summed E-state index contributed by atoms with van der Waals surface area (Å²) in [6.07, 6.45) is -0.336. The molecule has 0 aliphatic heterocycles. The number of aromatic nitrogens is 2. The zero-order valence-corrected chi connectivity index (χ0v) is 7.67. The van der Waals surface area contributed by atoms with Crippen LogP contribution in [0.15, 0.2) is 47.4 Å². The Kier molecular flexibility index (Phi) is 1.25. The molecule has 1 aromatic heterocycles. The van der Waals surface area contributed by atoms with E-state index in [9.17, 15) is 0 Å². The van der Waals surface area contributed by atoms with Crippen LogP contribution < -0.4 is 0 Å². The summed E-state index contributed by atoms with van der Waals surface area (Å²) in [4.78, 5) is 3.61. The number of halogens is 1. The second-order valence-corrected chi connectivity index (χ2v) is 3.16. The summed E-state index contributed by atoms with van der Waals surface area (Å²) >= 11 is 3.30. The minimum atomic E-state index is -0.178. The molecule has 0 N–H and O–H groups in total. The molecule has 0 aliphatic rings. The van der Waals surface area contributed by atoms with E-state index in [1.54, 1.807) is 12.1 Å². The Morgan fingerprint density at radius 2 is 2.08 bits per heavy atom. The smallest absolute Gasteiger partial charge is 0.105 e. The summed E-state index contributed by atoms with van der Waals surface area (Å²) in [5.74, 6) is 0. The maximum atomic E-state index is 7.59. The van der Waals surface area contributed by atoms with Crippen LogP contribution in [0.2, 0.25) is 0 Å². The number of rotatable bonds is 1. The van der Waals surface area contributed by atoms with Gasteiger partial charge in [0.25, 0.3) is 0 Å². The van der Waals surface area contributed by atoms with E-state index >= 15 is 0 Å². The molecule has 12 heavy (non-hydrogen) atoms. The molecule has 0 amide bonds. The first-order valence-corrected chi connectivity index (χ1v) is 4.17. The number of hydrogen-bond donors (Lipinski definition) is 0. The minimum absolute atomic E-state index is 0.0673. The molecule has 2 rings (SSSR count). The molecule has 1 aromatic carbocycles. The Balaban J connectivity index is 2.58. The van der Waals surface area contributed by atoms with Crippen molar-refractivity contribution in [2.75, 3.05) is 0 Å². The van der Waals surface area contributed by atoms with E-state index in [1.165, 1.54) is 4.57 Å². The van der Waals surface area contributed by atoms with E-state index < -0.39 is 0 Å².